The Kier molecular flexibility index (Phi) is 3.44. The fourth-order valence-electron chi connectivity index (χ4n) is 2.76. The number of nitrogens with one attached hydrogen (secondary N) is 1. The van der Waals surface area contributed by atoms with Crippen LogP contribution in [-0.4, -0.2) is 42.6 Å². The van der Waals surface area contributed by atoms with E-state index in [1.807, 2.05) is 12.3 Å². The second kappa shape index (κ2) is 5.25. The molecule has 3 rings (SSSR count). The summed E-state index contributed by atoms with van der Waals surface area (Å²) in [6.07, 6.45) is 2.40. The Hall–Kier alpha value is -1.88. The average Bonchev–Trinajstić information content (AvgIpc) is 2.79. The Labute approximate surface area is 116 Å². The third kappa shape index (κ3) is 2.41. The van der Waals surface area contributed by atoms with Gasteiger partial charge in [0.25, 0.3) is 0 Å². The van der Waals surface area contributed by atoms with Gasteiger partial charge < -0.3 is 14.6 Å². The Morgan fingerprint density at radius 1 is 1.50 bits per heavy atom. The van der Waals surface area contributed by atoms with Crippen LogP contribution in [0, 0.1) is 5.82 Å². The van der Waals surface area contributed by atoms with Crippen LogP contribution in [0.15, 0.2) is 24.4 Å². The van der Waals surface area contributed by atoms with Crippen LogP contribution in [0.3, 0.4) is 0 Å². The van der Waals surface area contributed by atoms with E-state index >= 15 is 0 Å². The molecule has 1 aromatic heterocycles. The number of aromatic nitrogens is 1. The van der Waals surface area contributed by atoms with Crippen molar-refractivity contribution in [2.45, 2.75) is 12.3 Å². The molecule has 5 heteroatoms. The van der Waals surface area contributed by atoms with Gasteiger partial charge in [0.15, 0.2) is 0 Å². The lowest BCUT2D eigenvalue weighted by molar-refractivity contribution is -0.141. The molecule has 0 aliphatic carbocycles. The molecule has 20 heavy (non-hydrogen) atoms. The van der Waals surface area contributed by atoms with Gasteiger partial charge in [-0.3, -0.25) is 4.79 Å². The van der Waals surface area contributed by atoms with E-state index in [-0.39, 0.29) is 11.8 Å². The molecule has 2 aromatic rings. The van der Waals surface area contributed by atoms with Crippen molar-refractivity contribution in [3.63, 3.8) is 0 Å². The van der Waals surface area contributed by atoms with E-state index in [1.54, 1.807) is 0 Å². The summed E-state index contributed by atoms with van der Waals surface area (Å²) in [6.45, 7) is 2.60. The van der Waals surface area contributed by atoms with E-state index in [9.17, 15) is 9.18 Å². The lowest BCUT2D eigenvalue weighted by atomic mass is 9.91. The highest BCUT2D eigenvalue weighted by Crippen LogP contribution is 2.32. The van der Waals surface area contributed by atoms with Crippen LogP contribution in [0.25, 0.3) is 10.9 Å². The molecule has 0 saturated carbocycles. The molecule has 106 valence electrons. The molecule has 0 unspecified atom stereocenters. The van der Waals surface area contributed by atoms with Gasteiger partial charge in [-0.2, -0.15) is 0 Å². The molecular weight excluding hydrogens is 259 g/mol. The number of benzene rings is 1. The minimum absolute atomic E-state index is 0.170. The predicted molar refractivity (Wildman–Crippen MR) is 74.1 cm³/mol. The second-order valence-corrected chi connectivity index (χ2v) is 5.22. The summed E-state index contributed by atoms with van der Waals surface area (Å²) < 4.78 is 17.8. The summed E-state index contributed by atoms with van der Waals surface area (Å²) in [4.78, 5) is 16.4. The number of rotatable bonds is 4. The minimum Gasteiger partial charge on any atom is -0.469 e. The monoisotopic (exact) mass is 276 g/mol. The molecule has 1 saturated heterocycles. The summed E-state index contributed by atoms with van der Waals surface area (Å²) in [5, 5.41) is 1.09. The van der Waals surface area contributed by atoms with Gasteiger partial charge in [0.1, 0.15) is 5.82 Å². The van der Waals surface area contributed by atoms with Crippen molar-refractivity contribution in [3.8, 4) is 0 Å². The maximum atomic E-state index is 13.1. The number of fused-ring (bicyclic) bond motifs is 1. The number of carbonyl (C=O) groups excluding carboxylic acids is 1. The average molecular weight is 276 g/mol. The van der Waals surface area contributed by atoms with Crippen LogP contribution in [-0.2, 0) is 9.53 Å². The molecule has 0 amide bonds. The van der Waals surface area contributed by atoms with Gasteiger partial charge in [-0.15, -0.1) is 0 Å². The standard InChI is InChI=1S/C15H17FN2O2/c1-20-15(19)4-5-18-8-10(9-18)13-7-17-14-6-11(16)2-3-12(13)14/h2-3,6-7,10,17H,4-5,8-9H2,1H3. The molecular formula is C15H17FN2O2. The summed E-state index contributed by atoms with van der Waals surface area (Å²) in [5.74, 6) is 0.0575. The molecule has 1 aromatic carbocycles. The van der Waals surface area contributed by atoms with E-state index in [4.69, 9.17) is 0 Å². The minimum atomic E-state index is -0.223. The molecule has 0 spiro atoms. The van der Waals surface area contributed by atoms with Crippen LogP contribution in [0.5, 0.6) is 0 Å². The predicted octanol–water partition coefficient (Wildman–Crippen LogP) is 2.27. The van der Waals surface area contributed by atoms with Crippen LogP contribution >= 0.6 is 0 Å². The van der Waals surface area contributed by atoms with E-state index in [0.29, 0.717) is 12.3 Å². The number of esters is 1. The third-order valence-corrected chi connectivity index (χ3v) is 3.93. The molecule has 2 heterocycles. The summed E-state index contributed by atoms with van der Waals surface area (Å²) >= 11 is 0. The first kappa shape index (κ1) is 13.1. The summed E-state index contributed by atoms with van der Waals surface area (Å²) in [6, 6.07) is 4.84. The van der Waals surface area contributed by atoms with Crippen molar-refractivity contribution in [1.82, 2.24) is 9.88 Å². The van der Waals surface area contributed by atoms with E-state index < -0.39 is 0 Å². The number of carbonyl (C=O) groups is 1. The zero-order chi connectivity index (χ0) is 14.1. The lowest BCUT2D eigenvalue weighted by Gasteiger charge is -2.39. The number of hydrogen-bond donors (Lipinski definition) is 1. The van der Waals surface area contributed by atoms with Gasteiger partial charge in [-0.25, -0.2) is 4.39 Å². The highest BCUT2D eigenvalue weighted by molar-refractivity contribution is 5.84. The van der Waals surface area contributed by atoms with Crippen LogP contribution in [0.1, 0.15) is 17.9 Å². The van der Waals surface area contributed by atoms with E-state index in [0.717, 1.165) is 30.5 Å². The highest BCUT2D eigenvalue weighted by atomic mass is 19.1. The van der Waals surface area contributed by atoms with E-state index in [2.05, 4.69) is 14.6 Å². The van der Waals surface area contributed by atoms with E-state index in [1.165, 1.54) is 24.8 Å². The number of halogens is 1. The van der Waals surface area contributed by atoms with Crippen molar-refractivity contribution >= 4 is 16.9 Å². The second-order valence-electron chi connectivity index (χ2n) is 5.22. The molecule has 0 atom stereocenters. The Morgan fingerprint density at radius 2 is 2.30 bits per heavy atom. The first-order chi connectivity index (χ1) is 9.67. The number of aromatic amines is 1. The number of nitrogens with zero attached hydrogens (tertiary/aromatic N) is 1. The Bertz CT molecular complexity index is 632. The number of hydrogen-bond acceptors (Lipinski definition) is 3. The smallest absolute Gasteiger partial charge is 0.306 e. The van der Waals surface area contributed by atoms with Crippen molar-refractivity contribution in [1.29, 1.82) is 0 Å². The van der Waals surface area contributed by atoms with Crippen molar-refractivity contribution < 1.29 is 13.9 Å². The Balaban J connectivity index is 1.62. The molecule has 1 fully saturated rings. The van der Waals surface area contributed by atoms with Gasteiger partial charge >= 0.3 is 5.97 Å². The molecule has 1 aliphatic heterocycles. The topological polar surface area (TPSA) is 45.3 Å². The van der Waals surface area contributed by atoms with Crippen molar-refractivity contribution in [2.75, 3.05) is 26.7 Å². The van der Waals surface area contributed by atoms with Gasteiger partial charge in [0.05, 0.1) is 13.5 Å². The molecule has 0 bridgehead atoms. The molecule has 1 N–H and O–H groups in total. The van der Waals surface area contributed by atoms with Gasteiger partial charge in [0.2, 0.25) is 0 Å². The number of ether oxygens (including phenoxy) is 1. The maximum Gasteiger partial charge on any atom is 0.306 e. The largest absolute Gasteiger partial charge is 0.469 e. The first-order valence-electron chi connectivity index (χ1n) is 6.73. The first-order valence-corrected chi connectivity index (χ1v) is 6.73. The van der Waals surface area contributed by atoms with Crippen LogP contribution in [0.2, 0.25) is 0 Å². The third-order valence-electron chi connectivity index (χ3n) is 3.93. The number of H-pyrrole nitrogens is 1. The van der Waals surface area contributed by atoms with Gasteiger partial charge in [-0.1, -0.05) is 0 Å². The Morgan fingerprint density at radius 3 is 3.05 bits per heavy atom. The fraction of sp³-hybridized carbons (Fsp3) is 0.400. The van der Waals surface area contributed by atoms with Crippen LogP contribution in [0.4, 0.5) is 4.39 Å². The van der Waals surface area contributed by atoms with Gasteiger partial charge in [0, 0.05) is 42.7 Å². The molecule has 4 nitrogen and oxygen atoms in total. The molecule has 0 radical (unpaired) electrons. The van der Waals surface area contributed by atoms with Gasteiger partial charge in [-0.05, 0) is 23.8 Å². The highest BCUT2D eigenvalue weighted by Gasteiger charge is 2.29. The summed E-state index contributed by atoms with van der Waals surface area (Å²) in [7, 11) is 1.41. The van der Waals surface area contributed by atoms with Crippen molar-refractivity contribution in [3.05, 3.63) is 35.8 Å². The number of likely N-dealkylation sites (tertiary alicyclic amines) is 1. The SMILES string of the molecule is COC(=O)CCN1CC(c2c[nH]c3cc(F)ccc23)C1. The lowest BCUT2D eigenvalue weighted by Crippen LogP contribution is -2.45. The van der Waals surface area contributed by atoms with Crippen LogP contribution < -0.4 is 0 Å². The zero-order valence-electron chi connectivity index (χ0n) is 11.4. The zero-order valence-corrected chi connectivity index (χ0v) is 11.4. The molecule has 1 aliphatic rings. The number of methoxy groups -OCH3 is 1. The maximum absolute atomic E-state index is 13.1. The van der Waals surface area contributed by atoms with Crippen molar-refractivity contribution in [2.24, 2.45) is 0 Å². The quantitative estimate of drug-likeness (QED) is 0.871. The fourth-order valence-corrected chi connectivity index (χ4v) is 2.76. The summed E-state index contributed by atoms with van der Waals surface area (Å²) in [5.41, 5.74) is 2.07. The normalized spacial score (nSPS) is 16.3.